The lowest BCUT2D eigenvalue weighted by atomic mass is 9.97. The maximum Gasteiger partial charge on any atom is 0.184 e. The molecule has 0 radical (unpaired) electrons. The van der Waals surface area contributed by atoms with Gasteiger partial charge in [-0.15, -0.1) is 0 Å². The second-order valence-corrected chi connectivity index (χ2v) is 4.70. The standard InChI is InChI=1S/C17H19NO/c1-2-6-13-9-11-15(12-10-13)17(19)16(18)14-7-4-3-5-8-14/h3-5,7-12,16H,2,6,18H2,1H3. The fourth-order valence-electron chi connectivity index (χ4n) is 2.12. The van der Waals surface area contributed by atoms with Crippen LogP contribution in [0.5, 0.6) is 0 Å². The number of hydrogen-bond donors (Lipinski definition) is 1. The Kier molecular flexibility index (Phi) is 4.48. The second kappa shape index (κ2) is 6.30. The van der Waals surface area contributed by atoms with Gasteiger partial charge in [0.25, 0.3) is 0 Å². The number of benzene rings is 2. The van der Waals surface area contributed by atoms with Crippen molar-refractivity contribution in [3.8, 4) is 0 Å². The predicted octanol–water partition coefficient (Wildman–Crippen LogP) is 3.52. The molecule has 2 aromatic rings. The number of carbonyl (C=O) groups excluding carboxylic acids is 1. The third-order valence-electron chi connectivity index (χ3n) is 3.22. The lowest BCUT2D eigenvalue weighted by Gasteiger charge is -2.11. The molecule has 0 spiro atoms. The number of aryl methyl sites for hydroxylation is 1. The van der Waals surface area contributed by atoms with Crippen LogP contribution in [0.25, 0.3) is 0 Å². The number of rotatable bonds is 5. The molecule has 1 unspecified atom stereocenters. The van der Waals surface area contributed by atoms with Gasteiger partial charge in [0.15, 0.2) is 5.78 Å². The Labute approximate surface area is 114 Å². The summed E-state index contributed by atoms with van der Waals surface area (Å²) in [6, 6.07) is 16.6. The Bertz CT molecular complexity index is 531. The van der Waals surface area contributed by atoms with Crippen LogP contribution < -0.4 is 5.73 Å². The molecule has 0 heterocycles. The quantitative estimate of drug-likeness (QED) is 0.828. The summed E-state index contributed by atoms with van der Waals surface area (Å²) in [7, 11) is 0. The van der Waals surface area contributed by atoms with Crippen LogP contribution in [-0.2, 0) is 6.42 Å². The van der Waals surface area contributed by atoms with Gasteiger partial charge in [0, 0.05) is 5.56 Å². The summed E-state index contributed by atoms with van der Waals surface area (Å²) in [5, 5.41) is 0. The Morgan fingerprint density at radius 1 is 1.05 bits per heavy atom. The summed E-state index contributed by atoms with van der Waals surface area (Å²) in [6.07, 6.45) is 2.15. The SMILES string of the molecule is CCCc1ccc(C(=O)C(N)c2ccccc2)cc1. The van der Waals surface area contributed by atoms with E-state index in [4.69, 9.17) is 5.73 Å². The van der Waals surface area contributed by atoms with Crippen molar-refractivity contribution in [1.29, 1.82) is 0 Å². The molecule has 2 aromatic carbocycles. The summed E-state index contributed by atoms with van der Waals surface area (Å²) in [5.41, 5.74) is 8.80. The topological polar surface area (TPSA) is 43.1 Å². The Morgan fingerprint density at radius 3 is 2.26 bits per heavy atom. The fourth-order valence-corrected chi connectivity index (χ4v) is 2.12. The van der Waals surface area contributed by atoms with Gasteiger partial charge < -0.3 is 5.73 Å². The molecule has 0 bridgehead atoms. The Morgan fingerprint density at radius 2 is 1.68 bits per heavy atom. The van der Waals surface area contributed by atoms with Crippen molar-refractivity contribution in [1.82, 2.24) is 0 Å². The lowest BCUT2D eigenvalue weighted by molar-refractivity contribution is 0.0961. The van der Waals surface area contributed by atoms with Crippen molar-refractivity contribution in [2.75, 3.05) is 0 Å². The van der Waals surface area contributed by atoms with E-state index < -0.39 is 6.04 Å². The number of hydrogen-bond acceptors (Lipinski definition) is 2. The molecule has 2 nitrogen and oxygen atoms in total. The smallest absolute Gasteiger partial charge is 0.184 e. The van der Waals surface area contributed by atoms with E-state index in [0.29, 0.717) is 5.56 Å². The Balaban J connectivity index is 2.15. The molecule has 1 atom stereocenters. The summed E-state index contributed by atoms with van der Waals surface area (Å²) in [6.45, 7) is 2.14. The number of ketones is 1. The zero-order valence-electron chi connectivity index (χ0n) is 11.2. The van der Waals surface area contributed by atoms with Gasteiger partial charge in [0.1, 0.15) is 0 Å². The maximum atomic E-state index is 12.3. The third kappa shape index (κ3) is 3.30. The highest BCUT2D eigenvalue weighted by Crippen LogP contribution is 2.16. The molecule has 0 aliphatic heterocycles. The summed E-state index contributed by atoms with van der Waals surface area (Å²) in [4.78, 5) is 12.3. The monoisotopic (exact) mass is 253 g/mol. The minimum Gasteiger partial charge on any atom is -0.318 e. The molecular formula is C17H19NO. The summed E-state index contributed by atoms with van der Waals surface area (Å²) < 4.78 is 0. The molecule has 0 aliphatic carbocycles. The lowest BCUT2D eigenvalue weighted by Crippen LogP contribution is -2.21. The van der Waals surface area contributed by atoms with Crippen LogP contribution in [0.2, 0.25) is 0 Å². The molecule has 19 heavy (non-hydrogen) atoms. The predicted molar refractivity (Wildman–Crippen MR) is 78.1 cm³/mol. The van der Waals surface area contributed by atoms with Crippen LogP contribution in [0.3, 0.4) is 0 Å². The van der Waals surface area contributed by atoms with Crippen molar-refractivity contribution in [3.05, 3.63) is 71.3 Å². The summed E-state index contributed by atoms with van der Waals surface area (Å²) >= 11 is 0. The minimum atomic E-state index is -0.585. The van der Waals surface area contributed by atoms with E-state index in [1.807, 2.05) is 54.6 Å². The third-order valence-corrected chi connectivity index (χ3v) is 3.22. The molecule has 0 saturated heterocycles. The first kappa shape index (κ1) is 13.5. The molecule has 0 saturated carbocycles. The van der Waals surface area contributed by atoms with Crippen LogP contribution in [-0.4, -0.2) is 5.78 Å². The number of carbonyl (C=O) groups is 1. The van der Waals surface area contributed by atoms with Crippen molar-refractivity contribution in [2.24, 2.45) is 5.73 Å². The molecular weight excluding hydrogens is 234 g/mol. The van der Waals surface area contributed by atoms with Crippen LogP contribution >= 0.6 is 0 Å². The highest BCUT2D eigenvalue weighted by Gasteiger charge is 2.17. The average Bonchev–Trinajstić information content (AvgIpc) is 2.48. The van der Waals surface area contributed by atoms with Crippen LogP contribution in [0.15, 0.2) is 54.6 Å². The largest absolute Gasteiger partial charge is 0.318 e. The maximum absolute atomic E-state index is 12.3. The fraction of sp³-hybridized carbons (Fsp3) is 0.235. The van der Waals surface area contributed by atoms with Crippen molar-refractivity contribution in [2.45, 2.75) is 25.8 Å². The molecule has 2 rings (SSSR count). The van der Waals surface area contributed by atoms with Crippen LogP contribution in [0.4, 0.5) is 0 Å². The van der Waals surface area contributed by atoms with Crippen LogP contribution in [0, 0.1) is 0 Å². The van der Waals surface area contributed by atoms with Gasteiger partial charge in [-0.25, -0.2) is 0 Å². The average molecular weight is 253 g/mol. The zero-order valence-corrected chi connectivity index (χ0v) is 11.2. The first-order valence-electron chi connectivity index (χ1n) is 6.66. The van der Waals surface area contributed by atoms with Crippen molar-refractivity contribution in [3.63, 3.8) is 0 Å². The van der Waals surface area contributed by atoms with E-state index in [-0.39, 0.29) is 5.78 Å². The van der Waals surface area contributed by atoms with Crippen LogP contribution in [0.1, 0.15) is 40.9 Å². The van der Waals surface area contributed by atoms with E-state index in [0.717, 1.165) is 18.4 Å². The van der Waals surface area contributed by atoms with Gasteiger partial charge in [-0.1, -0.05) is 67.9 Å². The second-order valence-electron chi connectivity index (χ2n) is 4.70. The van der Waals surface area contributed by atoms with Gasteiger partial charge in [-0.05, 0) is 17.5 Å². The highest BCUT2D eigenvalue weighted by molar-refractivity contribution is 6.00. The van der Waals surface area contributed by atoms with E-state index in [1.54, 1.807) is 0 Å². The van der Waals surface area contributed by atoms with E-state index in [9.17, 15) is 4.79 Å². The molecule has 98 valence electrons. The van der Waals surface area contributed by atoms with Gasteiger partial charge in [0.2, 0.25) is 0 Å². The summed E-state index contributed by atoms with van der Waals surface area (Å²) in [5.74, 6) is -0.0331. The van der Waals surface area contributed by atoms with Gasteiger partial charge >= 0.3 is 0 Å². The van der Waals surface area contributed by atoms with E-state index in [1.165, 1.54) is 5.56 Å². The van der Waals surface area contributed by atoms with Crippen molar-refractivity contribution >= 4 is 5.78 Å². The number of Topliss-reactive ketones (excluding diaryl/α,β-unsaturated/α-hetero) is 1. The zero-order chi connectivity index (χ0) is 13.7. The Hall–Kier alpha value is -1.93. The molecule has 0 amide bonds. The first-order chi connectivity index (χ1) is 9.22. The minimum absolute atomic E-state index is 0.0331. The van der Waals surface area contributed by atoms with Gasteiger partial charge in [-0.3, -0.25) is 4.79 Å². The van der Waals surface area contributed by atoms with E-state index in [2.05, 4.69) is 6.92 Å². The molecule has 0 aromatic heterocycles. The van der Waals surface area contributed by atoms with E-state index >= 15 is 0 Å². The molecule has 0 fully saturated rings. The molecule has 2 heteroatoms. The molecule has 0 aliphatic rings. The highest BCUT2D eigenvalue weighted by atomic mass is 16.1. The molecule has 2 N–H and O–H groups in total. The number of nitrogens with two attached hydrogens (primary N) is 1. The van der Waals surface area contributed by atoms with Crippen molar-refractivity contribution < 1.29 is 4.79 Å². The van der Waals surface area contributed by atoms with Gasteiger partial charge in [-0.2, -0.15) is 0 Å². The first-order valence-corrected chi connectivity index (χ1v) is 6.66. The van der Waals surface area contributed by atoms with Gasteiger partial charge in [0.05, 0.1) is 6.04 Å². The normalized spacial score (nSPS) is 12.1.